The highest BCUT2D eigenvalue weighted by Crippen LogP contribution is 2.42. The Bertz CT molecular complexity index is 427. The molecule has 0 saturated heterocycles. The van der Waals surface area contributed by atoms with Crippen LogP contribution in [0.1, 0.15) is 58.3 Å². The molecule has 0 saturated carbocycles. The molecule has 0 amide bonds. The van der Waals surface area contributed by atoms with E-state index in [1.54, 1.807) is 0 Å². The lowest BCUT2D eigenvalue weighted by Crippen LogP contribution is -2.21. The predicted molar refractivity (Wildman–Crippen MR) is 65.1 cm³/mol. The molecular weight excluding hydrogens is 218 g/mol. The van der Waals surface area contributed by atoms with E-state index >= 15 is 0 Å². The van der Waals surface area contributed by atoms with Crippen molar-refractivity contribution < 1.29 is 4.92 Å². The summed E-state index contributed by atoms with van der Waals surface area (Å²) in [5.74, 6) is -0.127. The highest BCUT2D eigenvalue weighted by atomic mass is 16.6. The van der Waals surface area contributed by atoms with Crippen LogP contribution in [0.5, 0.6) is 0 Å². The maximum Gasteiger partial charge on any atom is 0.432 e. The summed E-state index contributed by atoms with van der Waals surface area (Å²) in [6, 6.07) is 0. The number of H-pyrrole nitrogens is 1. The Hall–Kier alpha value is -1.39. The molecule has 0 atom stereocenters. The third kappa shape index (κ3) is 1.94. The van der Waals surface area contributed by atoms with Crippen molar-refractivity contribution in [1.29, 1.82) is 0 Å². The quantitative estimate of drug-likeness (QED) is 0.463. The number of hydrogen-bond acceptors (Lipinski definition) is 3. The van der Waals surface area contributed by atoms with E-state index in [9.17, 15) is 10.1 Å². The van der Waals surface area contributed by atoms with Gasteiger partial charge in [0.05, 0.1) is 0 Å². The summed E-state index contributed by atoms with van der Waals surface area (Å²) in [6.45, 7) is 8.46. The molecule has 17 heavy (non-hydrogen) atoms. The van der Waals surface area contributed by atoms with Gasteiger partial charge in [-0.05, 0) is 17.8 Å². The molecule has 1 aromatic rings. The first-order valence-electron chi connectivity index (χ1n) is 5.99. The molecule has 2 rings (SSSR count). The van der Waals surface area contributed by atoms with Gasteiger partial charge in [-0.3, -0.25) is 0 Å². The fourth-order valence-electron chi connectivity index (χ4n) is 2.64. The van der Waals surface area contributed by atoms with E-state index in [4.69, 9.17) is 0 Å². The molecule has 0 bridgehead atoms. The van der Waals surface area contributed by atoms with Gasteiger partial charge in [0.1, 0.15) is 5.69 Å². The summed E-state index contributed by atoms with van der Waals surface area (Å²) in [7, 11) is 0. The lowest BCUT2D eigenvalue weighted by molar-refractivity contribution is -0.394. The highest BCUT2D eigenvalue weighted by Gasteiger charge is 2.42. The van der Waals surface area contributed by atoms with E-state index in [2.05, 4.69) is 37.7 Å². The van der Waals surface area contributed by atoms with Crippen LogP contribution in [-0.4, -0.2) is 14.9 Å². The minimum atomic E-state index is -0.444. The van der Waals surface area contributed by atoms with Crippen molar-refractivity contribution in [3.05, 3.63) is 21.5 Å². The lowest BCUT2D eigenvalue weighted by atomic mass is 9.82. The molecule has 1 aromatic heterocycles. The van der Waals surface area contributed by atoms with Crippen LogP contribution < -0.4 is 0 Å². The lowest BCUT2D eigenvalue weighted by Gasteiger charge is -2.20. The Labute approximate surface area is 101 Å². The number of aromatic amines is 1. The molecule has 1 heterocycles. The molecule has 5 nitrogen and oxygen atoms in total. The van der Waals surface area contributed by atoms with Crippen LogP contribution in [0.25, 0.3) is 0 Å². The first-order chi connectivity index (χ1) is 7.74. The number of nitro groups is 1. The molecule has 1 N–H and O–H groups in total. The molecule has 0 aliphatic heterocycles. The van der Waals surface area contributed by atoms with Crippen LogP contribution in [0, 0.1) is 10.1 Å². The van der Waals surface area contributed by atoms with Gasteiger partial charge in [-0.25, -0.2) is 4.98 Å². The third-order valence-corrected chi connectivity index (χ3v) is 3.79. The van der Waals surface area contributed by atoms with Crippen molar-refractivity contribution in [3.63, 3.8) is 0 Å². The largest absolute Gasteiger partial charge is 0.432 e. The van der Waals surface area contributed by atoms with Gasteiger partial charge in [0.25, 0.3) is 0 Å². The predicted octanol–water partition coefficient (Wildman–Crippen LogP) is 3.06. The Morgan fingerprint density at radius 1 is 1.24 bits per heavy atom. The second kappa shape index (κ2) is 3.55. The summed E-state index contributed by atoms with van der Waals surface area (Å²) >= 11 is 0. The van der Waals surface area contributed by atoms with Crippen molar-refractivity contribution in [3.8, 4) is 0 Å². The van der Waals surface area contributed by atoms with E-state index in [1.165, 1.54) is 0 Å². The molecule has 1 aliphatic rings. The average Bonchev–Trinajstić information content (AvgIpc) is 2.58. The Morgan fingerprint density at radius 3 is 2.41 bits per heavy atom. The summed E-state index contributed by atoms with van der Waals surface area (Å²) in [4.78, 5) is 17.5. The summed E-state index contributed by atoms with van der Waals surface area (Å²) < 4.78 is 0. The third-order valence-electron chi connectivity index (χ3n) is 3.79. The van der Waals surface area contributed by atoms with Crippen molar-refractivity contribution >= 4 is 5.95 Å². The fourth-order valence-corrected chi connectivity index (χ4v) is 2.64. The Morgan fingerprint density at radius 2 is 1.82 bits per heavy atom. The molecule has 0 spiro atoms. The molecule has 0 radical (unpaired) electrons. The molecular formula is C12H19N3O2. The number of nitrogens with one attached hydrogen (secondary N) is 1. The fraction of sp³-hybridized carbons (Fsp3) is 0.750. The van der Waals surface area contributed by atoms with Crippen LogP contribution in [0.4, 0.5) is 5.95 Å². The van der Waals surface area contributed by atoms with E-state index in [0.717, 1.165) is 30.7 Å². The summed E-state index contributed by atoms with van der Waals surface area (Å²) in [6.07, 6.45) is 3.17. The van der Waals surface area contributed by atoms with E-state index in [0.29, 0.717) is 0 Å². The number of imidazole rings is 1. The van der Waals surface area contributed by atoms with Gasteiger partial charge >= 0.3 is 5.95 Å². The van der Waals surface area contributed by atoms with Crippen LogP contribution in [0.2, 0.25) is 0 Å². The van der Waals surface area contributed by atoms with Gasteiger partial charge < -0.3 is 10.1 Å². The van der Waals surface area contributed by atoms with E-state index in [1.807, 2.05) is 0 Å². The zero-order chi connectivity index (χ0) is 12.8. The van der Waals surface area contributed by atoms with Gasteiger partial charge in [0, 0.05) is 10.8 Å². The topological polar surface area (TPSA) is 71.8 Å². The van der Waals surface area contributed by atoms with Gasteiger partial charge in [0.15, 0.2) is 5.69 Å². The van der Waals surface area contributed by atoms with Crippen molar-refractivity contribution in [2.75, 3.05) is 0 Å². The normalized spacial score (nSPS) is 21.6. The monoisotopic (exact) mass is 237 g/mol. The Balaban J connectivity index is 2.62. The first-order valence-corrected chi connectivity index (χ1v) is 5.99. The van der Waals surface area contributed by atoms with Crippen LogP contribution >= 0.6 is 0 Å². The van der Waals surface area contributed by atoms with Gasteiger partial charge in [-0.15, -0.1) is 0 Å². The average molecular weight is 237 g/mol. The van der Waals surface area contributed by atoms with Gasteiger partial charge in [0.2, 0.25) is 0 Å². The summed E-state index contributed by atoms with van der Waals surface area (Å²) in [5.41, 5.74) is 1.65. The second-order valence-electron chi connectivity index (χ2n) is 6.16. The van der Waals surface area contributed by atoms with E-state index < -0.39 is 4.92 Å². The summed E-state index contributed by atoms with van der Waals surface area (Å²) in [5, 5.41) is 10.8. The highest BCUT2D eigenvalue weighted by molar-refractivity contribution is 5.34. The molecule has 0 aromatic carbocycles. The molecule has 5 heteroatoms. The first kappa shape index (κ1) is 12.1. The van der Waals surface area contributed by atoms with Crippen molar-refractivity contribution in [2.45, 2.75) is 57.8 Å². The maximum absolute atomic E-state index is 10.8. The molecule has 94 valence electrons. The minimum absolute atomic E-state index is 0.0651. The number of aromatic nitrogens is 2. The molecule has 0 fully saturated rings. The maximum atomic E-state index is 10.8. The second-order valence-corrected chi connectivity index (χ2v) is 6.16. The van der Waals surface area contributed by atoms with Crippen LogP contribution in [-0.2, 0) is 10.8 Å². The van der Waals surface area contributed by atoms with Gasteiger partial charge in [-0.1, -0.05) is 39.1 Å². The smallest absolute Gasteiger partial charge is 0.390 e. The van der Waals surface area contributed by atoms with Crippen LogP contribution in [0.15, 0.2) is 0 Å². The van der Waals surface area contributed by atoms with Crippen molar-refractivity contribution in [2.24, 2.45) is 0 Å². The zero-order valence-electron chi connectivity index (χ0n) is 10.8. The number of rotatable bonds is 1. The zero-order valence-corrected chi connectivity index (χ0v) is 10.8. The number of fused-ring (bicyclic) bond motifs is 1. The van der Waals surface area contributed by atoms with Crippen LogP contribution in [0.3, 0.4) is 0 Å². The van der Waals surface area contributed by atoms with Crippen molar-refractivity contribution in [1.82, 2.24) is 9.97 Å². The SMILES string of the molecule is CC1(C)CCCC(C)(C)c2[nH]c([N+](=O)[O-])nc21. The standard InChI is InChI=1S/C12H19N3O2/c1-11(2)6-5-7-12(3,4)9-8(11)13-10(14-9)15(16)17/h5-7H2,1-4H3,(H,13,14). The Kier molecular flexibility index (Phi) is 2.52. The molecule has 1 aliphatic carbocycles. The number of hydrogen-bond donors (Lipinski definition) is 1. The van der Waals surface area contributed by atoms with E-state index in [-0.39, 0.29) is 16.8 Å². The number of nitrogens with zero attached hydrogens (tertiary/aromatic N) is 2. The van der Waals surface area contributed by atoms with Gasteiger partial charge in [-0.2, -0.15) is 0 Å². The minimum Gasteiger partial charge on any atom is -0.390 e. The molecule has 0 unspecified atom stereocenters.